The van der Waals surface area contributed by atoms with Crippen molar-refractivity contribution in [2.75, 3.05) is 44.7 Å². The maximum Gasteiger partial charge on any atom is 0.190 e. The van der Waals surface area contributed by atoms with Crippen molar-refractivity contribution in [1.29, 1.82) is 5.26 Å². The Kier molecular flexibility index (Phi) is 6.24. The van der Waals surface area contributed by atoms with Crippen LogP contribution in [0, 0.1) is 18.3 Å². The third-order valence-electron chi connectivity index (χ3n) is 5.66. The summed E-state index contributed by atoms with van der Waals surface area (Å²) in [6, 6.07) is 18.8. The van der Waals surface area contributed by atoms with Gasteiger partial charge in [-0.05, 0) is 24.6 Å². The molecule has 4 rings (SSSR count). The molecule has 0 unspecified atom stereocenters. The van der Waals surface area contributed by atoms with E-state index in [0.29, 0.717) is 6.54 Å². The highest BCUT2D eigenvalue weighted by Gasteiger charge is 2.29. The molecule has 5 nitrogen and oxygen atoms in total. The lowest BCUT2D eigenvalue weighted by Gasteiger charge is -2.34. The molecule has 0 radical (unpaired) electrons. The van der Waals surface area contributed by atoms with Crippen LogP contribution < -0.4 is 4.90 Å². The molecular formula is C24H26N4OS. The van der Waals surface area contributed by atoms with Crippen molar-refractivity contribution in [2.24, 2.45) is 0 Å². The van der Waals surface area contributed by atoms with Crippen molar-refractivity contribution in [3.8, 4) is 6.07 Å². The van der Waals surface area contributed by atoms with E-state index in [-0.39, 0.29) is 11.4 Å². The number of anilines is 1. The number of ketones is 1. The lowest BCUT2D eigenvalue weighted by molar-refractivity contribution is -0.116. The first-order chi connectivity index (χ1) is 14.5. The van der Waals surface area contributed by atoms with Crippen LogP contribution in [0.4, 0.5) is 5.69 Å². The average molecular weight is 419 g/mol. The highest BCUT2D eigenvalue weighted by Crippen LogP contribution is 2.46. The van der Waals surface area contributed by atoms with Gasteiger partial charge in [0.15, 0.2) is 5.78 Å². The fourth-order valence-corrected chi connectivity index (χ4v) is 5.17. The summed E-state index contributed by atoms with van der Waals surface area (Å²) in [6.45, 7) is 6.90. The number of fused-ring (bicyclic) bond motifs is 1. The molecule has 154 valence electrons. The summed E-state index contributed by atoms with van der Waals surface area (Å²) < 4.78 is 0. The zero-order valence-corrected chi connectivity index (χ0v) is 18.3. The molecular weight excluding hydrogens is 392 g/mol. The topological polar surface area (TPSA) is 50.6 Å². The first-order valence-corrected chi connectivity index (χ1v) is 11.1. The molecule has 0 aliphatic carbocycles. The highest BCUT2D eigenvalue weighted by molar-refractivity contribution is 8.03. The number of aryl methyl sites for hydroxylation is 1. The Morgan fingerprint density at radius 2 is 1.80 bits per heavy atom. The van der Waals surface area contributed by atoms with Gasteiger partial charge in [-0.1, -0.05) is 53.7 Å². The van der Waals surface area contributed by atoms with E-state index in [1.165, 1.54) is 22.9 Å². The summed E-state index contributed by atoms with van der Waals surface area (Å²) in [7, 11) is 1.92. The molecule has 2 heterocycles. The summed E-state index contributed by atoms with van der Waals surface area (Å²) in [4.78, 5) is 20.6. The maximum absolute atomic E-state index is 13.0. The average Bonchev–Trinajstić information content (AvgIpc) is 3.07. The zero-order valence-electron chi connectivity index (χ0n) is 17.5. The van der Waals surface area contributed by atoms with Crippen LogP contribution >= 0.6 is 11.8 Å². The molecule has 1 fully saturated rings. The number of carbonyl (C=O) groups excluding carboxylic acids is 1. The van der Waals surface area contributed by atoms with E-state index >= 15 is 0 Å². The van der Waals surface area contributed by atoms with Crippen LogP contribution in [0.3, 0.4) is 0 Å². The van der Waals surface area contributed by atoms with E-state index in [2.05, 4.69) is 47.1 Å². The first-order valence-electron chi connectivity index (χ1n) is 10.2. The third-order valence-corrected chi connectivity index (χ3v) is 6.90. The minimum atomic E-state index is -0.0909. The minimum absolute atomic E-state index is 0.0909. The molecule has 0 aromatic heterocycles. The zero-order chi connectivity index (χ0) is 21.1. The van der Waals surface area contributed by atoms with Gasteiger partial charge in [0.1, 0.15) is 16.7 Å². The predicted molar refractivity (Wildman–Crippen MR) is 121 cm³/mol. The number of rotatable bonds is 5. The fourth-order valence-electron chi connectivity index (χ4n) is 4.01. The van der Waals surface area contributed by atoms with Gasteiger partial charge >= 0.3 is 0 Å². The first kappa shape index (κ1) is 20.7. The Bertz CT molecular complexity index is 1020. The quantitative estimate of drug-likeness (QED) is 0.546. The van der Waals surface area contributed by atoms with E-state index in [4.69, 9.17) is 0 Å². The summed E-state index contributed by atoms with van der Waals surface area (Å²) >= 11 is 1.51. The number of nitrogens with zero attached hydrogens (tertiary/aromatic N) is 4. The fraction of sp³-hybridized carbons (Fsp3) is 0.333. The summed E-state index contributed by atoms with van der Waals surface area (Å²) in [5, 5.41) is 10.5. The molecule has 0 amide bonds. The standard InChI is InChI=1S/C24H26N4OS/c1-18-6-5-7-19(14-18)16-27-10-12-28(13-11-27)17-22(29)20(15-25)24-26(2)21-8-3-4-9-23(21)30-24/h3-9,14H,10-13,16-17H2,1-2H3/b24-20-. The molecule has 1 saturated heterocycles. The van der Waals surface area contributed by atoms with E-state index in [0.717, 1.165) is 48.3 Å². The molecule has 0 saturated carbocycles. The van der Waals surface area contributed by atoms with E-state index < -0.39 is 0 Å². The molecule has 30 heavy (non-hydrogen) atoms. The Balaban J connectivity index is 1.36. The van der Waals surface area contributed by atoms with Gasteiger partial charge in [-0.3, -0.25) is 14.6 Å². The number of hydrogen-bond acceptors (Lipinski definition) is 6. The van der Waals surface area contributed by atoms with Crippen molar-refractivity contribution in [3.63, 3.8) is 0 Å². The van der Waals surface area contributed by atoms with Crippen molar-refractivity contribution in [1.82, 2.24) is 9.80 Å². The Hall–Kier alpha value is -2.59. The van der Waals surface area contributed by atoms with Gasteiger partial charge in [-0.15, -0.1) is 0 Å². The van der Waals surface area contributed by atoms with Crippen LogP contribution in [0.15, 0.2) is 64.0 Å². The number of carbonyl (C=O) groups is 1. The molecule has 6 heteroatoms. The third kappa shape index (κ3) is 4.44. The lowest BCUT2D eigenvalue weighted by atomic mass is 10.1. The maximum atomic E-state index is 13.0. The van der Waals surface area contributed by atoms with E-state index in [9.17, 15) is 10.1 Å². The van der Waals surface area contributed by atoms with Gasteiger partial charge in [0.2, 0.25) is 0 Å². The predicted octanol–water partition coefficient (Wildman–Crippen LogP) is 3.66. The molecule has 2 aromatic rings. The number of piperazine rings is 1. The van der Waals surface area contributed by atoms with E-state index in [1.54, 1.807) is 0 Å². The van der Waals surface area contributed by atoms with Crippen LogP contribution in [0.5, 0.6) is 0 Å². The molecule has 0 N–H and O–H groups in total. The van der Waals surface area contributed by atoms with Gasteiger partial charge < -0.3 is 4.90 Å². The second kappa shape index (κ2) is 9.05. The Labute approximate surface area is 182 Å². The van der Waals surface area contributed by atoms with Crippen LogP contribution in [-0.2, 0) is 11.3 Å². The van der Waals surface area contributed by atoms with Gasteiger partial charge in [0, 0.05) is 44.7 Å². The molecule has 2 aliphatic heterocycles. The minimum Gasteiger partial charge on any atom is -0.337 e. The number of thioether (sulfide) groups is 1. The number of nitriles is 1. The Morgan fingerprint density at radius 3 is 2.50 bits per heavy atom. The van der Waals surface area contributed by atoms with Crippen LogP contribution in [-0.4, -0.2) is 55.4 Å². The van der Waals surface area contributed by atoms with Gasteiger partial charge in [-0.2, -0.15) is 5.26 Å². The van der Waals surface area contributed by atoms with Crippen molar-refractivity contribution >= 4 is 23.2 Å². The monoisotopic (exact) mass is 418 g/mol. The molecule has 0 bridgehead atoms. The molecule has 2 aromatic carbocycles. The largest absolute Gasteiger partial charge is 0.337 e. The van der Waals surface area contributed by atoms with Gasteiger partial charge in [0.05, 0.1) is 12.2 Å². The molecule has 2 aliphatic rings. The smallest absolute Gasteiger partial charge is 0.190 e. The van der Waals surface area contributed by atoms with Crippen molar-refractivity contribution in [3.05, 3.63) is 70.3 Å². The van der Waals surface area contributed by atoms with Gasteiger partial charge in [-0.25, -0.2) is 0 Å². The number of hydrogen-bond donors (Lipinski definition) is 0. The number of Topliss-reactive ketones (excluding diaryl/α,β-unsaturated/α-hetero) is 1. The van der Waals surface area contributed by atoms with Gasteiger partial charge in [0.25, 0.3) is 0 Å². The summed E-state index contributed by atoms with van der Waals surface area (Å²) in [5.41, 5.74) is 3.92. The second-order valence-electron chi connectivity index (χ2n) is 7.89. The summed E-state index contributed by atoms with van der Waals surface area (Å²) in [5.74, 6) is -0.0909. The molecule has 0 atom stereocenters. The van der Waals surface area contributed by atoms with Crippen LogP contribution in [0.2, 0.25) is 0 Å². The molecule has 0 spiro atoms. The SMILES string of the molecule is Cc1cccc(CN2CCN(CC(=O)/C(C#N)=C3\Sc4ccccc4N3C)CC2)c1. The highest BCUT2D eigenvalue weighted by atomic mass is 32.2. The summed E-state index contributed by atoms with van der Waals surface area (Å²) in [6.07, 6.45) is 0. The van der Waals surface area contributed by atoms with Crippen LogP contribution in [0.25, 0.3) is 0 Å². The van der Waals surface area contributed by atoms with Crippen LogP contribution in [0.1, 0.15) is 11.1 Å². The van der Waals surface area contributed by atoms with E-state index in [1.807, 2.05) is 36.2 Å². The lowest BCUT2D eigenvalue weighted by Crippen LogP contribution is -2.47. The number of benzene rings is 2. The Morgan fingerprint density at radius 1 is 1.07 bits per heavy atom. The van der Waals surface area contributed by atoms with Crippen molar-refractivity contribution < 1.29 is 4.79 Å². The van der Waals surface area contributed by atoms with Crippen molar-refractivity contribution in [2.45, 2.75) is 18.4 Å². The normalized spacial score (nSPS) is 18.8. The second-order valence-corrected chi connectivity index (χ2v) is 8.92. The number of para-hydroxylation sites is 1.